The van der Waals surface area contributed by atoms with Crippen molar-refractivity contribution in [3.05, 3.63) is 21.9 Å². The Labute approximate surface area is 55.2 Å². The molecule has 1 aliphatic heterocycles. The summed E-state index contributed by atoms with van der Waals surface area (Å²) >= 11 is 0.438. The van der Waals surface area contributed by atoms with Crippen LogP contribution < -0.4 is 5.43 Å². The molecule has 1 rings (SSSR count). The Bertz CT molecular complexity index is 166. The van der Waals surface area contributed by atoms with Crippen molar-refractivity contribution in [1.29, 1.82) is 0 Å². The van der Waals surface area contributed by atoms with Gasteiger partial charge in [-0.05, 0) is 0 Å². The van der Waals surface area contributed by atoms with Gasteiger partial charge in [0.05, 0.1) is 0 Å². The van der Waals surface area contributed by atoms with Gasteiger partial charge in [-0.3, -0.25) is 4.79 Å². The number of hydrogen-bond donors (Lipinski definition) is 1. The van der Waals surface area contributed by atoms with Gasteiger partial charge in [-0.2, -0.15) is 5.43 Å². The molecule has 0 aromatic carbocycles. The van der Waals surface area contributed by atoms with Crippen molar-refractivity contribution in [2.45, 2.75) is 0 Å². The van der Waals surface area contributed by atoms with Gasteiger partial charge < -0.3 is 10.4 Å². The number of hydrogen-bond acceptors (Lipinski definition) is 4. The molecule has 0 aromatic rings. The molecule has 0 fully saturated rings. The van der Waals surface area contributed by atoms with Crippen LogP contribution in [-0.2, 0) is 4.79 Å². The standard InChI is InChI=1S/C3H3N2O3S/c6-3-1-2-9-5(7,8)4-3/h1-2H,(H,4,6)/q-1. The Morgan fingerprint density at radius 3 is 2.67 bits per heavy atom. The highest BCUT2D eigenvalue weighted by Gasteiger charge is 2.13. The largest absolute Gasteiger partial charge is 0.593 e. The van der Waals surface area contributed by atoms with Crippen LogP contribution in [0.4, 0.5) is 0 Å². The minimum absolute atomic E-state index is 0.438. The molecule has 0 saturated heterocycles. The lowest BCUT2D eigenvalue weighted by molar-refractivity contribution is -0.724. The van der Waals surface area contributed by atoms with Gasteiger partial charge in [0.25, 0.3) is 5.91 Å². The van der Waals surface area contributed by atoms with Gasteiger partial charge in [-0.25, -0.2) is 4.32 Å². The van der Waals surface area contributed by atoms with Crippen LogP contribution in [-0.4, -0.2) is 10.2 Å². The normalized spacial score (nSPS) is 23.6. The molecule has 0 aliphatic carbocycles. The Morgan fingerprint density at radius 2 is 2.33 bits per heavy atom. The van der Waals surface area contributed by atoms with E-state index in [9.17, 15) is 15.2 Å². The fourth-order valence-corrected chi connectivity index (χ4v) is 0.858. The molecule has 0 unspecified atom stereocenters. The van der Waals surface area contributed by atoms with Gasteiger partial charge in [-0.1, -0.05) is 0 Å². The van der Waals surface area contributed by atoms with E-state index >= 15 is 0 Å². The van der Waals surface area contributed by atoms with E-state index in [0.29, 0.717) is 11.9 Å². The summed E-state index contributed by atoms with van der Waals surface area (Å²) in [5.41, 5.74) is 1.62. The van der Waals surface area contributed by atoms with E-state index in [2.05, 4.69) is 0 Å². The van der Waals surface area contributed by atoms with E-state index < -0.39 is 10.2 Å². The van der Waals surface area contributed by atoms with Gasteiger partial charge in [0.2, 0.25) is 0 Å². The molecule has 1 amide bonds. The van der Waals surface area contributed by atoms with E-state index in [0.717, 1.165) is 6.08 Å². The number of carbonyl (C=O) groups is 1. The van der Waals surface area contributed by atoms with Crippen LogP contribution in [0.15, 0.2) is 11.5 Å². The zero-order chi connectivity index (χ0) is 6.91. The lowest BCUT2D eigenvalue weighted by atomic mass is 10.6. The molecule has 5 nitrogen and oxygen atoms in total. The molecule has 1 N–H and O–H groups in total. The van der Waals surface area contributed by atoms with Crippen molar-refractivity contribution in [2.75, 3.05) is 0 Å². The van der Waals surface area contributed by atoms with Gasteiger partial charge in [-0.15, -0.1) is 0 Å². The van der Waals surface area contributed by atoms with Crippen molar-refractivity contribution < 1.29 is 9.12 Å². The third-order valence-corrected chi connectivity index (χ3v) is 1.29. The Kier molecular flexibility index (Phi) is 1.45. The monoisotopic (exact) mass is 147 g/mol. The molecule has 1 aliphatic rings. The maximum absolute atomic E-state index is 10.3. The van der Waals surface area contributed by atoms with Gasteiger partial charge >= 0.3 is 0 Å². The van der Waals surface area contributed by atoms with Crippen LogP contribution in [0.1, 0.15) is 0 Å². The number of nitrogens with zero attached hydrogens (tertiary/aromatic N) is 1. The number of carbonyl (C=O) groups excluding carboxylic acids is 1. The van der Waals surface area contributed by atoms with Crippen LogP contribution in [0.5, 0.6) is 0 Å². The Morgan fingerprint density at radius 1 is 1.67 bits per heavy atom. The molecule has 0 atom stereocenters. The molecule has 0 spiro atoms. The number of rotatable bonds is 0. The molecule has 50 valence electrons. The highest BCUT2D eigenvalue weighted by atomic mass is 32.2. The maximum atomic E-state index is 10.3. The first-order chi connectivity index (χ1) is 4.10. The first-order valence-corrected chi connectivity index (χ1v) is 2.92. The smallest absolute Gasteiger partial charge is 0.290 e. The minimum Gasteiger partial charge on any atom is -0.593 e. The lowest BCUT2D eigenvalue weighted by Gasteiger charge is -2.41. The molecule has 0 radical (unpaired) electrons. The molecule has 6 heteroatoms. The molecular formula is C3H3N2O3S-. The molecule has 1 heterocycles. The van der Waals surface area contributed by atoms with Crippen LogP contribution in [0.25, 0.3) is 0 Å². The fourth-order valence-electron chi connectivity index (χ4n) is 0.371. The quantitative estimate of drug-likeness (QED) is 0.297. The maximum Gasteiger partial charge on any atom is 0.290 e. The van der Waals surface area contributed by atoms with Crippen molar-refractivity contribution >= 4 is 17.9 Å². The third-order valence-electron chi connectivity index (χ3n) is 0.666. The Hall–Kier alpha value is -0.560. The van der Waals surface area contributed by atoms with E-state index in [-0.39, 0.29) is 0 Å². The predicted octanol–water partition coefficient (Wildman–Crippen LogP) is 0.00550. The second-order valence-corrected chi connectivity index (χ2v) is 2.35. The van der Waals surface area contributed by atoms with Crippen LogP contribution >= 0.6 is 11.9 Å². The van der Waals surface area contributed by atoms with Crippen LogP contribution in [0.2, 0.25) is 0 Å². The summed E-state index contributed by atoms with van der Waals surface area (Å²) in [6.07, 6.45) is 1.12. The van der Waals surface area contributed by atoms with E-state index in [1.165, 1.54) is 5.41 Å². The average molecular weight is 147 g/mol. The number of quaternary nitrogens is 1. The predicted molar refractivity (Wildman–Crippen MR) is 31.9 cm³/mol. The summed E-state index contributed by atoms with van der Waals surface area (Å²) in [5.74, 6) is -0.654. The van der Waals surface area contributed by atoms with Crippen molar-refractivity contribution in [2.24, 2.45) is 0 Å². The highest BCUT2D eigenvalue weighted by molar-refractivity contribution is 7.96. The summed E-state index contributed by atoms with van der Waals surface area (Å²) in [7, 11) is 0. The Balaban J connectivity index is 2.68. The molecule has 0 bridgehead atoms. The highest BCUT2D eigenvalue weighted by Crippen LogP contribution is 2.19. The molecule has 9 heavy (non-hydrogen) atoms. The molecule has 0 saturated carbocycles. The minimum atomic E-state index is -2.03. The SMILES string of the molecule is O=C1C=CS[N+]([O-])([O-])N1. The zero-order valence-electron chi connectivity index (χ0n) is 4.23. The van der Waals surface area contributed by atoms with E-state index in [4.69, 9.17) is 0 Å². The summed E-state index contributed by atoms with van der Waals surface area (Å²) in [6.45, 7) is 0. The summed E-state index contributed by atoms with van der Waals surface area (Å²) in [4.78, 5) is 10.3. The summed E-state index contributed by atoms with van der Waals surface area (Å²) in [5, 5.41) is 21.8. The third kappa shape index (κ3) is 1.68. The average Bonchev–Trinajstić information content (AvgIpc) is 1.60. The summed E-state index contributed by atoms with van der Waals surface area (Å²) < 4.78 is -2.03. The second-order valence-electron chi connectivity index (χ2n) is 1.38. The van der Waals surface area contributed by atoms with Gasteiger partial charge in [0.15, 0.2) is 0 Å². The molecule has 0 aromatic heterocycles. The molecular weight excluding hydrogens is 144 g/mol. The first-order valence-electron chi connectivity index (χ1n) is 2.08. The summed E-state index contributed by atoms with van der Waals surface area (Å²) in [6, 6.07) is 0. The van der Waals surface area contributed by atoms with E-state index in [1.54, 1.807) is 5.43 Å². The van der Waals surface area contributed by atoms with Crippen molar-refractivity contribution in [1.82, 2.24) is 5.43 Å². The van der Waals surface area contributed by atoms with Crippen LogP contribution in [0.3, 0.4) is 0 Å². The van der Waals surface area contributed by atoms with Crippen molar-refractivity contribution in [3.63, 3.8) is 0 Å². The number of nitrogens with one attached hydrogen (secondary N) is 1. The number of amides is 1. The van der Waals surface area contributed by atoms with Gasteiger partial charge in [0, 0.05) is 11.5 Å². The second kappa shape index (κ2) is 1.99. The van der Waals surface area contributed by atoms with E-state index in [1.807, 2.05) is 0 Å². The van der Waals surface area contributed by atoms with Crippen molar-refractivity contribution in [3.8, 4) is 0 Å². The topological polar surface area (TPSA) is 75.2 Å². The lowest BCUT2D eigenvalue weighted by Crippen LogP contribution is -2.46. The zero-order valence-corrected chi connectivity index (χ0v) is 5.05. The van der Waals surface area contributed by atoms with Crippen LogP contribution in [0, 0.1) is 10.4 Å². The fraction of sp³-hybridized carbons (Fsp3) is 0. The first kappa shape index (κ1) is 6.56. The van der Waals surface area contributed by atoms with Gasteiger partial charge in [0.1, 0.15) is 11.9 Å².